The number of rotatable bonds is 2. The third kappa shape index (κ3) is 1.91. The van der Waals surface area contributed by atoms with Crippen molar-refractivity contribution in [2.75, 3.05) is 0 Å². The van der Waals surface area contributed by atoms with Crippen LogP contribution in [0.1, 0.15) is 12.7 Å². The summed E-state index contributed by atoms with van der Waals surface area (Å²) in [4.78, 5) is 4.23. The van der Waals surface area contributed by atoms with Gasteiger partial charge >= 0.3 is 0 Å². The Morgan fingerprint density at radius 3 is 2.92 bits per heavy atom. The molecule has 0 spiro atoms. The molecule has 0 atom stereocenters. The Balaban J connectivity index is 2.35. The van der Waals surface area contributed by atoms with Crippen molar-refractivity contribution in [3.8, 4) is 10.8 Å². The minimum atomic E-state index is 0.770. The Morgan fingerprint density at radius 2 is 2.38 bits per heavy atom. The molecule has 0 fully saturated rings. The number of hydrogen-bond donors (Lipinski definition) is 0. The number of halogens is 1. The normalized spacial score (nSPS) is 10.6. The molecular weight excluding hydrogens is 299 g/mol. The standard InChI is InChI=1S/C8H7IN2OS/c1-2-5-3-4-6(12-5)7-10-8(9)11-13-7/h3-4H,2H2,1H3. The molecule has 0 aliphatic carbocycles. The second-order valence-electron chi connectivity index (χ2n) is 2.49. The second-order valence-corrected chi connectivity index (χ2v) is 4.20. The number of aryl methyl sites for hydroxylation is 1. The van der Waals surface area contributed by atoms with Gasteiger partial charge in [-0.3, -0.25) is 0 Å². The van der Waals surface area contributed by atoms with E-state index in [0.717, 1.165) is 26.8 Å². The van der Waals surface area contributed by atoms with E-state index in [4.69, 9.17) is 4.42 Å². The first kappa shape index (κ1) is 9.14. The van der Waals surface area contributed by atoms with E-state index in [0.29, 0.717) is 0 Å². The first-order valence-electron chi connectivity index (χ1n) is 3.88. The third-order valence-corrected chi connectivity index (χ3v) is 3.16. The number of nitrogens with zero attached hydrogens (tertiary/aromatic N) is 2. The molecule has 0 N–H and O–H groups in total. The van der Waals surface area contributed by atoms with E-state index in [-0.39, 0.29) is 0 Å². The van der Waals surface area contributed by atoms with E-state index in [1.165, 1.54) is 11.5 Å². The van der Waals surface area contributed by atoms with Gasteiger partial charge in [0.05, 0.1) is 0 Å². The molecule has 0 amide bonds. The van der Waals surface area contributed by atoms with Gasteiger partial charge in [0.1, 0.15) is 5.76 Å². The molecule has 13 heavy (non-hydrogen) atoms. The van der Waals surface area contributed by atoms with E-state index >= 15 is 0 Å². The molecule has 0 aliphatic heterocycles. The molecule has 0 bridgehead atoms. The van der Waals surface area contributed by atoms with Gasteiger partial charge in [-0.1, -0.05) is 6.92 Å². The topological polar surface area (TPSA) is 38.9 Å². The molecule has 2 aromatic rings. The zero-order valence-electron chi connectivity index (χ0n) is 6.95. The van der Waals surface area contributed by atoms with Crippen molar-refractivity contribution in [2.24, 2.45) is 0 Å². The summed E-state index contributed by atoms with van der Waals surface area (Å²) in [5.41, 5.74) is 0. The summed E-state index contributed by atoms with van der Waals surface area (Å²) in [6.45, 7) is 2.06. The van der Waals surface area contributed by atoms with Crippen molar-refractivity contribution >= 4 is 34.1 Å². The lowest BCUT2D eigenvalue weighted by Crippen LogP contribution is -1.73. The maximum absolute atomic E-state index is 5.54. The van der Waals surface area contributed by atoms with E-state index < -0.39 is 0 Å². The van der Waals surface area contributed by atoms with Crippen molar-refractivity contribution in [1.82, 2.24) is 9.36 Å². The van der Waals surface area contributed by atoms with Gasteiger partial charge in [0, 0.05) is 29.0 Å². The highest BCUT2D eigenvalue weighted by atomic mass is 127. The maximum Gasteiger partial charge on any atom is 0.203 e. The van der Waals surface area contributed by atoms with Gasteiger partial charge in [-0.15, -0.1) is 0 Å². The van der Waals surface area contributed by atoms with Crippen molar-refractivity contribution in [3.63, 3.8) is 0 Å². The predicted molar refractivity (Wildman–Crippen MR) is 59.7 cm³/mol. The molecule has 68 valence electrons. The summed E-state index contributed by atoms with van der Waals surface area (Å²) in [7, 11) is 0. The number of furan rings is 1. The van der Waals surface area contributed by atoms with Crippen LogP contribution in [0.4, 0.5) is 0 Å². The molecule has 2 rings (SSSR count). The van der Waals surface area contributed by atoms with E-state index in [1.54, 1.807) is 0 Å². The van der Waals surface area contributed by atoms with Crippen LogP contribution in [-0.2, 0) is 6.42 Å². The van der Waals surface area contributed by atoms with Crippen LogP contribution in [0.25, 0.3) is 10.8 Å². The average Bonchev–Trinajstić information content (AvgIpc) is 2.71. The van der Waals surface area contributed by atoms with Crippen molar-refractivity contribution < 1.29 is 4.42 Å². The van der Waals surface area contributed by atoms with E-state index in [2.05, 4.69) is 38.9 Å². The van der Waals surface area contributed by atoms with Gasteiger partial charge in [0.2, 0.25) is 3.83 Å². The number of aromatic nitrogens is 2. The van der Waals surface area contributed by atoms with Crippen LogP contribution < -0.4 is 0 Å². The van der Waals surface area contributed by atoms with Gasteiger partial charge in [-0.2, -0.15) is 4.37 Å². The molecule has 0 saturated carbocycles. The van der Waals surface area contributed by atoms with E-state index in [9.17, 15) is 0 Å². The second kappa shape index (κ2) is 3.75. The minimum absolute atomic E-state index is 0.770. The third-order valence-electron chi connectivity index (χ3n) is 1.62. The SMILES string of the molecule is CCc1ccc(-c2nc(I)ns2)o1. The van der Waals surface area contributed by atoms with E-state index in [1.807, 2.05) is 12.1 Å². The Kier molecular flexibility index (Phi) is 2.63. The fraction of sp³-hybridized carbons (Fsp3) is 0.250. The summed E-state index contributed by atoms with van der Waals surface area (Å²) >= 11 is 3.45. The molecule has 3 nitrogen and oxygen atoms in total. The summed E-state index contributed by atoms with van der Waals surface area (Å²) in [5.74, 6) is 1.80. The Hall–Kier alpha value is -0.430. The van der Waals surface area contributed by atoms with Crippen molar-refractivity contribution in [3.05, 3.63) is 21.7 Å². The highest BCUT2D eigenvalue weighted by Crippen LogP contribution is 2.24. The van der Waals surface area contributed by atoms with Crippen LogP contribution >= 0.6 is 34.1 Å². The fourth-order valence-electron chi connectivity index (χ4n) is 0.988. The summed E-state index contributed by atoms with van der Waals surface area (Å²) < 4.78 is 10.4. The molecule has 2 heterocycles. The van der Waals surface area contributed by atoms with Crippen LogP contribution in [0, 0.1) is 3.83 Å². The van der Waals surface area contributed by atoms with Crippen molar-refractivity contribution in [2.45, 2.75) is 13.3 Å². The smallest absolute Gasteiger partial charge is 0.203 e. The first-order valence-corrected chi connectivity index (χ1v) is 5.73. The quantitative estimate of drug-likeness (QED) is 0.801. The Labute approximate surface area is 93.5 Å². The molecule has 0 unspecified atom stereocenters. The van der Waals surface area contributed by atoms with Crippen LogP contribution in [-0.4, -0.2) is 9.36 Å². The molecule has 0 aromatic carbocycles. The number of hydrogen-bond acceptors (Lipinski definition) is 4. The Morgan fingerprint density at radius 1 is 1.54 bits per heavy atom. The van der Waals surface area contributed by atoms with Gasteiger partial charge in [-0.05, 0) is 23.7 Å². The molecule has 0 aliphatic rings. The minimum Gasteiger partial charge on any atom is -0.459 e. The summed E-state index contributed by atoms with van der Waals surface area (Å²) in [6, 6.07) is 3.92. The molecule has 5 heteroatoms. The molecule has 0 radical (unpaired) electrons. The predicted octanol–water partition coefficient (Wildman–Crippen LogP) is 2.97. The molecular formula is C8H7IN2OS. The van der Waals surface area contributed by atoms with Crippen LogP contribution in [0.5, 0.6) is 0 Å². The first-order chi connectivity index (χ1) is 6.29. The highest BCUT2D eigenvalue weighted by molar-refractivity contribution is 14.1. The monoisotopic (exact) mass is 306 g/mol. The van der Waals surface area contributed by atoms with Crippen LogP contribution in [0.3, 0.4) is 0 Å². The lowest BCUT2D eigenvalue weighted by atomic mass is 10.4. The maximum atomic E-state index is 5.54. The average molecular weight is 306 g/mol. The summed E-state index contributed by atoms with van der Waals surface area (Å²) in [6.07, 6.45) is 0.913. The zero-order chi connectivity index (χ0) is 9.26. The largest absolute Gasteiger partial charge is 0.459 e. The zero-order valence-corrected chi connectivity index (χ0v) is 9.92. The lowest BCUT2D eigenvalue weighted by molar-refractivity contribution is 0.529. The van der Waals surface area contributed by atoms with Crippen LogP contribution in [0.15, 0.2) is 16.5 Å². The fourth-order valence-corrected chi connectivity index (χ4v) is 2.22. The molecule has 2 aromatic heterocycles. The summed E-state index contributed by atoms with van der Waals surface area (Å²) in [5, 5.41) is 0.851. The highest BCUT2D eigenvalue weighted by Gasteiger charge is 2.08. The lowest BCUT2D eigenvalue weighted by Gasteiger charge is -1.87. The van der Waals surface area contributed by atoms with Gasteiger partial charge in [0.15, 0.2) is 10.8 Å². The van der Waals surface area contributed by atoms with Gasteiger partial charge in [-0.25, -0.2) is 4.98 Å². The van der Waals surface area contributed by atoms with Gasteiger partial charge < -0.3 is 4.42 Å². The van der Waals surface area contributed by atoms with Crippen molar-refractivity contribution in [1.29, 1.82) is 0 Å². The Bertz CT molecular complexity index is 410. The molecule has 0 saturated heterocycles. The van der Waals surface area contributed by atoms with Crippen LogP contribution in [0.2, 0.25) is 0 Å². The van der Waals surface area contributed by atoms with Gasteiger partial charge in [0.25, 0.3) is 0 Å².